The van der Waals surface area contributed by atoms with Crippen LogP contribution in [0.2, 0.25) is 0 Å². The molecule has 0 aliphatic carbocycles. The number of halogens is 1. The van der Waals surface area contributed by atoms with E-state index in [0.717, 1.165) is 22.6 Å². The van der Waals surface area contributed by atoms with Crippen molar-refractivity contribution in [3.63, 3.8) is 0 Å². The lowest BCUT2D eigenvalue weighted by Crippen LogP contribution is -2.11. The number of aromatic amines is 1. The third-order valence-electron chi connectivity index (χ3n) is 4.51. The zero-order chi connectivity index (χ0) is 20.9. The van der Waals surface area contributed by atoms with E-state index >= 15 is 0 Å². The fraction of sp³-hybridized carbons (Fsp3) is 0.143. The van der Waals surface area contributed by atoms with Gasteiger partial charge in [0.2, 0.25) is 11.9 Å². The lowest BCUT2D eigenvalue weighted by molar-refractivity contribution is 0.415. The van der Waals surface area contributed by atoms with Crippen LogP contribution in [0.5, 0.6) is 5.75 Å². The van der Waals surface area contributed by atoms with Crippen LogP contribution in [0.1, 0.15) is 18.5 Å². The van der Waals surface area contributed by atoms with Crippen LogP contribution in [0.15, 0.2) is 60.9 Å². The van der Waals surface area contributed by atoms with E-state index in [4.69, 9.17) is 4.74 Å². The first-order valence-corrected chi connectivity index (χ1v) is 9.28. The number of rotatable bonds is 7. The quantitative estimate of drug-likeness (QED) is 0.421. The molecule has 1 unspecified atom stereocenters. The number of nitrogens with zero attached hydrogens (tertiary/aromatic N) is 4. The molecule has 152 valence electrons. The standard InChI is InChI=1S/C21H20FN7O/c1-13(14-3-7-16(22)8-4-14)25-20-23-12-24-21(27-20)26-19-11-18(28-29-19)15-5-9-17(30-2)10-6-15/h3-13H,1-2H3,(H3,23,24,25,26,27,28,29). The van der Waals surface area contributed by atoms with Gasteiger partial charge in [0.15, 0.2) is 5.82 Å². The fourth-order valence-corrected chi connectivity index (χ4v) is 2.87. The highest BCUT2D eigenvalue weighted by Crippen LogP contribution is 2.24. The molecule has 0 aliphatic rings. The van der Waals surface area contributed by atoms with Gasteiger partial charge in [-0.15, -0.1) is 0 Å². The predicted octanol–water partition coefficient (Wildman–Crippen LogP) is 4.33. The van der Waals surface area contributed by atoms with E-state index in [1.54, 1.807) is 19.2 Å². The van der Waals surface area contributed by atoms with Crippen molar-refractivity contribution in [2.24, 2.45) is 0 Å². The second kappa shape index (κ2) is 8.56. The van der Waals surface area contributed by atoms with Gasteiger partial charge in [-0.1, -0.05) is 12.1 Å². The van der Waals surface area contributed by atoms with Crippen molar-refractivity contribution in [2.45, 2.75) is 13.0 Å². The normalized spacial score (nSPS) is 11.7. The van der Waals surface area contributed by atoms with E-state index in [1.165, 1.54) is 18.5 Å². The molecule has 4 rings (SSSR count). The molecule has 9 heteroatoms. The van der Waals surface area contributed by atoms with Crippen LogP contribution >= 0.6 is 0 Å². The highest BCUT2D eigenvalue weighted by atomic mass is 19.1. The topological polar surface area (TPSA) is 101 Å². The molecular formula is C21H20FN7O. The summed E-state index contributed by atoms with van der Waals surface area (Å²) in [5.74, 6) is 1.84. The first kappa shape index (κ1) is 19.3. The van der Waals surface area contributed by atoms with Crippen molar-refractivity contribution in [3.8, 4) is 17.0 Å². The van der Waals surface area contributed by atoms with Crippen molar-refractivity contribution >= 4 is 17.7 Å². The van der Waals surface area contributed by atoms with E-state index in [-0.39, 0.29) is 11.9 Å². The first-order valence-electron chi connectivity index (χ1n) is 9.28. The lowest BCUT2D eigenvalue weighted by Gasteiger charge is -2.14. The Labute approximate surface area is 172 Å². The summed E-state index contributed by atoms with van der Waals surface area (Å²) in [6.07, 6.45) is 1.41. The van der Waals surface area contributed by atoms with Gasteiger partial charge >= 0.3 is 0 Å². The highest BCUT2D eigenvalue weighted by Gasteiger charge is 2.10. The molecular weight excluding hydrogens is 385 g/mol. The number of hydrogen-bond acceptors (Lipinski definition) is 7. The van der Waals surface area contributed by atoms with Gasteiger partial charge in [-0.2, -0.15) is 10.1 Å². The van der Waals surface area contributed by atoms with E-state index in [2.05, 4.69) is 35.8 Å². The summed E-state index contributed by atoms with van der Waals surface area (Å²) in [6.45, 7) is 1.94. The number of benzene rings is 2. The van der Waals surface area contributed by atoms with Crippen LogP contribution < -0.4 is 15.4 Å². The Morgan fingerprint density at radius 1 is 1.00 bits per heavy atom. The van der Waals surface area contributed by atoms with Gasteiger partial charge in [-0.25, -0.2) is 14.4 Å². The Hall–Kier alpha value is -4.01. The summed E-state index contributed by atoms with van der Waals surface area (Å²) in [7, 11) is 1.63. The number of methoxy groups -OCH3 is 1. The maximum Gasteiger partial charge on any atom is 0.233 e. The maximum absolute atomic E-state index is 13.1. The smallest absolute Gasteiger partial charge is 0.233 e. The Morgan fingerprint density at radius 2 is 1.73 bits per heavy atom. The van der Waals surface area contributed by atoms with Crippen molar-refractivity contribution in [3.05, 3.63) is 72.3 Å². The zero-order valence-corrected chi connectivity index (χ0v) is 16.4. The molecule has 0 aliphatic heterocycles. The number of H-pyrrole nitrogens is 1. The molecule has 0 amide bonds. The molecule has 0 saturated carbocycles. The van der Waals surface area contributed by atoms with E-state index in [9.17, 15) is 4.39 Å². The Kier molecular flexibility index (Phi) is 5.51. The molecule has 2 aromatic heterocycles. The number of hydrogen-bond donors (Lipinski definition) is 3. The van der Waals surface area contributed by atoms with Crippen molar-refractivity contribution < 1.29 is 9.13 Å². The van der Waals surface area contributed by atoms with Gasteiger partial charge in [0.25, 0.3) is 0 Å². The molecule has 2 heterocycles. The summed E-state index contributed by atoms with van der Waals surface area (Å²) in [4.78, 5) is 12.7. The molecule has 30 heavy (non-hydrogen) atoms. The van der Waals surface area contributed by atoms with Gasteiger partial charge in [0.1, 0.15) is 17.9 Å². The third-order valence-corrected chi connectivity index (χ3v) is 4.51. The van der Waals surface area contributed by atoms with Gasteiger partial charge in [0.05, 0.1) is 18.8 Å². The molecule has 4 aromatic rings. The summed E-state index contributed by atoms with van der Waals surface area (Å²) < 4.78 is 18.3. The largest absolute Gasteiger partial charge is 0.497 e. The van der Waals surface area contributed by atoms with Gasteiger partial charge in [-0.3, -0.25) is 5.10 Å². The predicted molar refractivity (Wildman–Crippen MR) is 112 cm³/mol. The molecule has 0 bridgehead atoms. The van der Waals surface area contributed by atoms with Crippen LogP contribution in [0.25, 0.3) is 11.3 Å². The van der Waals surface area contributed by atoms with Crippen molar-refractivity contribution in [2.75, 3.05) is 17.7 Å². The van der Waals surface area contributed by atoms with Crippen LogP contribution in [-0.2, 0) is 0 Å². The molecule has 0 radical (unpaired) electrons. The summed E-state index contributed by atoms with van der Waals surface area (Å²) in [5, 5.41) is 13.5. The van der Waals surface area contributed by atoms with Gasteiger partial charge in [-0.05, 0) is 54.4 Å². The molecule has 1 atom stereocenters. The number of aromatic nitrogens is 5. The minimum absolute atomic E-state index is 0.104. The molecule has 2 aromatic carbocycles. The SMILES string of the molecule is COc1ccc(-c2cc(Nc3ncnc(NC(C)c4ccc(F)cc4)n3)n[nH]2)cc1. The number of ether oxygens (including phenoxy) is 1. The second-order valence-electron chi connectivity index (χ2n) is 6.57. The Morgan fingerprint density at radius 3 is 2.47 bits per heavy atom. The molecule has 3 N–H and O–H groups in total. The monoisotopic (exact) mass is 405 g/mol. The average Bonchev–Trinajstić information content (AvgIpc) is 3.23. The zero-order valence-electron chi connectivity index (χ0n) is 16.4. The summed E-state index contributed by atoms with van der Waals surface area (Å²) >= 11 is 0. The van der Waals surface area contributed by atoms with Crippen LogP contribution in [0, 0.1) is 5.82 Å². The van der Waals surface area contributed by atoms with Crippen LogP contribution in [-0.4, -0.2) is 32.3 Å². The van der Waals surface area contributed by atoms with Crippen molar-refractivity contribution in [1.29, 1.82) is 0 Å². The van der Waals surface area contributed by atoms with E-state index in [0.29, 0.717) is 17.7 Å². The van der Waals surface area contributed by atoms with Crippen LogP contribution in [0.4, 0.5) is 22.1 Å². The molecule has 0 spiro atoms. The number of anilines is 3. The number of nitrogens with one attached hydrogen (secondary N) is 3. The second-order valence-corrected chi connectivity index (χ2v) is 6.57. The summed E-state index contributed by atoms with van der Waals surface area (Å²) in [6, 6.07) is 15.7. The highest BCUT2D eigenvalue weighted by molar-refractivity contribution is 5.65. The molecule has 8 nitrogen and oxygen atoms in total. The summed E-state index contributed by atoms with van der Waals surface area (Å²) in [5.41, 5.74) is 2.74. The van der Waals surface area contributed by atoms with Crippen LogP contribution in [0.3, 0.4) is 0 Å². The first-order chi connectivity index (χ1) is 14.6. The fourth-order valence-electron chi connectivity index (χ4n) is 2.87. The van der Waals surface area contributed by atoms with Gasteiger partial charge in [0, 0.05) is 6.07 Å². The lowest BCUT2D eigenvalue weighted by atomic mass is 10.1. The molecule has 0 fully saturated rings. The molecule has 0 saturated heterocycles. The van der Waals surface area contributed by atoms with Crippen molar-refractivity contribution in [1.82, 2.24) is 25.1 Å². The van der Waals surface area contributed by atoms with E-state index < -0.39 is 0 Å². The minimum atomic E-state index is -0.273. The third kappa shape index (κ3) is 4.52. The van der Waals surface area contributed by atoms with Gasteiger partial charge < -0.3 is 15.4 Å². The Balaban J connectivity index is 1.44. The minimum Gasteiger partial charge on any atom is -0.497 e. The average molecular weight is 405 g/mol. The van der Waals surface area contributed by atoms with E-state index in [1.807, 2.05) is 37.3 Å². The maximum atomic E-state index is 13.1. The Bertz CT molecular complexity index is 1110.